The van der Waals surface area contributed by atoms with Crippen molar-refractivity contribution in [2.24, 2.45) is 0 Å². The second-order valence-corrected chi connectivity index (χ2v) is 4.83. The lowest BCUT2D eigenvalue weighted by Crippen LogP contribution is -1.96. The van der Waals surface area contributed by atoms with Crippen LogP contribution in [0.4, 0.5) is 0 Å². The maximum Gasteiger partial charge on any atom is 0.302 e. The summed E-state index contributed by atoms with van der Waals surface area (Å²) in [6.45, 7) is 1.71. The third kappa shape index (κ3) is 4.49. The number of thiophene rings is 1. The maximum atomic E-state index is 10.7. The molecule has 0 N–H and O–H groups in total. The van der Waals surface area contributed by atoms with E-state index in [1.807, 2.05) is 24.3 Å². The third-order valence-corrected chi connectivity index (χ3v) is 3.12. The normalized spacial score (nSPS) is 10.2. The second kappa shape index (κ2) is 6.62. The summed E-state index contributed by atoms with van der Waals surface area (Å²) in [6, 6.07) is 7.51. The smallest absolute Gasteiger partial charge is 0.302 e. The highest BCUT2D eigenvalue weighted by Crippen LogP contribution is 2.16. The number of allylic oxidation sites excluding steroid dienone is 1. The lowest BCUT2D eigenvalue weighted by Gasteiger charge is -1.96. The van der Waals surface area contributed by atoms with Crippen LogP contribution in [0.5, 0.6) is 0 Å². The fraction of sp³-hybridized carbons (Fsp3) is 0.133. The van der Waals surface area contributed by atoms with Crippen molar-refractivity contribution >= 4 is 23.4 Å². The Labute approximate surface area is 115 Å². The van der Waals surface area contributed by atoms with E-state index in [0.29, 0.717) is 6.61 Å². The molecule has 2 aromatic rings. The minimum absolute atomic E-state index is 0.276. The minimum atomic E-state index is -0.276. The van der Waals surface area contributed by atoms with Crippen molar-refractivity contribution in [3.8, 4) is 11.8 Å². The SMILES string of the molecule is CC(=O)OCc1ccc(C#CC=Cc2ccco2)s1. The summed E-state index contributed by atoms with van der Waals surface area (Å²) < 4.78 is 10.1. The summed E-state index contributed by atoms with van der Waals surface area (Å²) in [6.07, 6.45) is 5.17. The van der Waals surface area contributed by atoms with Gasteiger partial charge >= 0.3 is 5.97 Å². The van der Waals surface area contributed by atoms with E-state index in [2.05, 4.69) is 11.8 Å². The predicted octanol–water partition coefficient (Wildman–Crippen LogP) is 3.47. The van der Waals surface area contributed by atoms with Crippen LogP contribution < -0.4 is 0 Å². The van der Waals surface area contributed by atoms with Crippen molar-refractivity contribution in [1.82, 2.24) is 0 Å². The van der Waals surface area contributed by atoms with Gasteiger partial charge in [-0.3, -0.25) is 4.79 Å². The van der Waals surface area contributed by atoms with E-state index in [4.69, 9.17) is 9.15 Å². The van der Waals surface area contributed by atoms with Crippen molar-refractivity contribution < 1.29 is 13.9 Å². The van der Waals surface area contributed by atoms with Gasteiger partial charge in [-0.2, -0.15) is 0 Å². The second-order valence-electron chi connectivity index (χ2n) is 3.66. The van der Waals surface area contributed by atoms with Gasteiger partial charge in [-0.25, -0.2) is 0 Å². The summed E-state index contributed by atoms with van der Waals surface area (Å²) in [7, 11) is 0. The van der Waals surface area contributed by atoms with Gasteiger partial charge in [0, 0.05) is 11.8 Å². The highest BCUT2D eigenvalue weighted by atomic mass is 32.1. The standard InChI is InChI=1S/C15H12O3S/c1-12(16)18-11-15-9-8-14(19-15)7-3-2-5-13-6-4-10-17-13/h2,4-6,8-10H,11H2,1H3. The van der Waals surface area contributed by atoms with E-state index < -0.39 is 0 Å². The quantitative estimate of drug-likeness (QED) is 0.634. The summed E-state index contributed by atoms with van der Waals surface area (Å²) in [5.74, 6) is 6.44. The van der Waals surface area contributed by atoms with Gasteiger partial charge in [0.25, 0.3) is 0 Å². The van der Waals surface area contributed by atoms with Gasteiger partial charge in [0.15, 0.2) is 0 Å². The van der Waals surface area contributed by atoms with E-state index in [9.17, 15) is 4.79 Å². The number of carbonyl (C=O) groups excluding carboxylic acids is 1. The maximum absolute atomic E-state index is 10.7. The summed E-state index contributed by atoms with van der Waals surface area (Å²) in [4.78, 5) is 12.6. The Hall–Kier alpha value is -2.25. The molecule has 0 fully saturated rings. The molecule has 4 heteroatoms. The Morgan fingerprint density at radius 1 is 1.47 bits per heavy atom. The molecular formula is C15H12O3S. The third-order valence-electron chi connectivity index (χ3n) is 2.15. The Morgan fingerprint density at radius 2 is 2.37 bits per heavy atom. The molecule has 0 aliphatic rings. The number of esters is 1. The van der Waals surface area contributed by atoms with Crippen LogP contribution in [0.25, 0.3) is 6.08 Å². The van der Waals surface area contributed by atoms with Gasteiger partial charge < -0.3 is 9.15 Å². The minimum Gasteiger partial charge on any atom is -0.465 e. The van der Waals surface area contributed by atoms with Gasteiger partial charge in [0.05, 0.1) is 11.1 Å². The van der Waals surface area contributed by atoms with Crippen molar-refractivity contribution in [3.63, 3.8) is 0 Å². The van der Waals surface area contributed by atoms with Crippen LogP contribution in [0.1, 0.15) is 22.4 Å². The van der Waals surface area contributed by atoms with Crippen LogP contribution >= 0.6 is 11.3 Å². The lowest BCUT2D eigenvalue weighted by molar-refractivity contribution is -0.142. The van der Waals surface area contributed by atoms with Gasteiger partial charge in [0.1, 0.15) is 12.4 Å². The summed E-state index contributed by atoms with van der Waals surface area (Å²) in [5.41, 5.74) is 0. The van der Waals surface area contributed by atoms with Crippen LogP contribution in [-0.2, 0) is 16.1 Å². The number of carbonyl (C=O) groups is 1. The van der Waals surface area contributed by atoms with Gasteiger partial charge in [-0.15, -0.1) is 11.3 Å². The van der Waals surface area contributed by atoms with Crippen LogP contribution in [0.3, 0.4) is 0 Å². The highest BCUT2D eigenvalue weighted by Gasteiger charge is 1.99. The zero-order valence-corrected chi connectivity index (χ0v) is 11.2. The molecule has 0 unspecified atom stereocenters. The van der Waals surface area contributed by atoms with Crippen molar-refractivity contribution in [2.45, 2.75) is 13.5 Å². The van der Waals surface area contributed by atoms with Gasteiger partial charge in [-0.05, 0) is 36.4 Å². The van der Waals surface area contributed by atoms with E-state index in [1.165, 1.54) is 18.3 Å². The molecule has 0 spiro atoms. The van der Waals surface area contributed by atoms with E-state index in [0.717, 1.165) is 15.5 Å². The zero-order valence-electron chi connectivity index (χ0n) is 10.4. The number of hydrogen-bond donors (Lipinski definition) is 0. The topological polar surface area (TPSA) is 39.4 Å². The average Bonchev–Trinajstić information content (AvgIpc) is 3.04. The first kappa shape index (κ1) is 13.2. The average molecular weight is 272 g/mol. The Balaban J connectivity index is 1.91. The lowest BCUT2D eigenvalue weighted by atomic mass is 10.4. The Kier molecular flexibility index (Phi) is 4.60. The van der Waals surface area contributed by atoms with Crippen LogP contribution in [-0.4, -0.2) is 5.97 Å². The van der Waals surface area contributed by atoms with Gasteiger partial charge in [0.2, 0.25) is 0 Å². The van der Waals surface area contributed by atoms with E-state index in [1.54, 1.807) is 18.4 Å². The molecular weight excluding hydrogens is 260 g/mol. The Bertz CT molecular complexity index is 624. The largest absolute Gasteiger partial charge is 0.465 e. The van der Waals surface area contributed by atoms with Crippen LogP contribution in [0.2, 0.25) is 0 Å². The fourth-order valence-corrected chi connectivity index (χ4v) is 2.10. The van der Waals surface area contributed by atoms with Gasteiger partial charge in [-0.1, -0.05) is 11.8 Å². The number of furan rings is 1. The first-order valence-corrected chi connectivity index (χ1v) is 6.49. The van der Waals surface area contributed by atoms with E-state index >= 15 is 0 Å². The number of rotatable bonds is 3. The molecule has 0 aromatic carbocycles. The molecule has 0 saturated carbocycles. The van der Waals surface area contributed by atoms with Crippen LogP contribution in [0.15, 0.2) is 41.0 Å². The summed E-state index contributed by atoms with van der Waals surface area (Å²) in [5, 5.41) is 0. The van der Waals surface area contributed by atoms with Crippen molar-refractivity contribution in [2.75, 3.05) is 0 Å². The Morgan fingerprint density at radius 3 is 3.11 bits per heavy atom. The highest BCUT2D eigenvalue weighted by molar-refractivity contribution is 7.12. The molecule has 0 amide bonds. The first-order valence-electron chi connectivity index (χ1n) is 5.68. The molecule has 96 valence electrons. The zero-order chi connectivity index (χ0) is 13.5. The first-order chi connectivity index (χ1) is 9.24. The molecule has 0 aliphatic heterocycles. The molecule has 2 rings (SSSR count). The molecule has 2 aromatic heterocycles. The molecule has 0 saturated heterocycles. The molecule has 0 aliphatic carbocycles. The molecule has 2 heterocycles. The predicted molar refractivity (Wildman–Crippen MR) is 74.4 cm³/mol. The van der Waals surface area contributed by atoms with E-state index in [-0.39, 0.29) is 5.97 Å². The number of ether oxygens (including phenoxy) is 1. The molecule has 0 bridgehead atoms. The summed E-state index contributed by atoms with van der Waals surface area (Å²) >= 11 is 1.51. The molecule has 0 radical (unpaired) electrons. The fourth-order valence-electron chi connectivity index (χ4n) is 1.32. The molecule has 3 nitrogen and oxygen atoms in total. The van der Waals surface area contributed by atoms with Crippen molar-refractivity contribution in [3.05, 3.63) is 52.1 Å². The van der Waals surface area contributed by atoms with Crippen LogP contribution in [0, 0.1) is 11.8 Å². The molecule has 19 heavy (non-hydrogen) atoms. The monoisotopic (exact) mass is 272 g/mol. The van der Waals surface area contributed by atoms with Crippen molar-refractivity contribution in [1.29, 1.82) is 0 Å². The molecule has 0 atom stereocenters. The number of hydrogen-bond acceptors (Lipinski definition) is 4.